The maximum Gasteiger partial charge on any atom is 0.393 e. The number of rotatable bonds is 5. The minimum atomic E-state index is -4.50. The quantitative estimate of drug-likeness (QED) is 0.755. The minimum absolute atomic E-state index is 0.000773. The molecule has 2 N–H and O–H groups in total. The Bertz CT molecular complexity index is 807. The Morgan fingerprint density at radius 3 is 2.57 bits per heavy atom. The summed E-state index contributed by atoms with van der Waals surface area (Å²) >= 11 is 0. The van der Waals surface area contributed by atoms with Gasteiger partial charge in [0, 0.05) is 25.8 Å². The standard InChI is InChI=1S/C20H28F3N5O2/c1-19(2,3)12-27(4)11-17(29)28-6-5-14(20(21,22)23)16(10-28)26-18(30)15-7-13(8-24)9-25-15/h7,9,14,16,25H,5-6,10-12H2,1-4H3,(H,26,30). The first-order valence-corrected chi connectivity index (χ1v) is 9.72. The number of hydrogen-bond acceptors (Lipinski definition) is 4. The Labute approximate surface area is 174 Å². The SMILES string of the molecule is CN(CC(=O)N1CCC(C(F)(F)F)C(NC(=O)c2cc(C#N)c[nH]2)C1)CC(C)(C)C. The van der Waals surface area contributed by atoms with Crippen LogP contribution in [0, 0.1) is 22.7 Å². The van der Waals surface area contributed by atoms with Crippen molar-refractivity contribution in [2.24, 2.45) is 11.3 Å². The summed E-state index contributed by atoms with van der Waals surface area (Å²) in [5, 5.41) is 11.2. The number of aromatic nitrogens is 1. The number of amides is 2. The fraction of sp³-hybridized carbons (Fsp3) is 0.650. The highest BCUT2D eigenvalue weighted by atomic mass is 19.4. The Balaban J connectivity index is 2.09. The normalized spacial score (nSPS) is 20.2. The molecule has 10 heteroatoms. The maximum absolute atomic E-state index is 13.5. The molecule has 166 valence electrons. The third-order valence-corrected chi connectivity index (χ3v) is 4.91. The molecule has 0 aliphatic carbocycles. The maximum atomic E-state index is 13.5. The highest BCUT2D eigenvalue weighted by molar-refractivity contribution is 5.93. The molecule has 2 rings (SSSR count). The van der Waals surface area contributed by atoms with Crippen molar-refractivity contribution in [3.63, 3.8) is 0 Å². The molecule has 0 radical (unpaired) electrons. The molecule has 1 aliphatic rings. The third-order valence-electron chi connectivity index (χ3n) is 4.91. The van der Waals surface area contributed by atoms with E-state index in [0.717, 1.165) is 0 Å². The van der Waals surface area contributed by atoms with Crippen LogP contribution in [0.2, 0.25) is 0 Å². The second-order valence-electron chi connectivity index (χ2n) is 9.00. The molecule has 0 aromatic carbocycles. The molecule has 7 nitrogen and oxygen atoms in total. The monoisotopic (exact) mass is 427 g/mol. The van der Waals surface area contributed by atoms with E-state index in [9.17, 15) is 22.8 Å². The molecule has 30 heavy (non-hydrogen) atoms. The lowest BCUT2D eigenvalue weighted by molar-refractivity contribution is -0.193. The van der Waals surface area contributed by atoms with Gasteiger partial charge >= 0.3 is 6.18 Å². The van der Waals surface area contributed by atoms with Gasteiger partial charge in [-0.15, -0.1) is 0 Å². The summed E-state index contributed by atoms with van der Waals surface area (Å²) in [5.74, 6) is -2.76. The van der Waals surface area contributed by atoms with Crippen molar-refractivity contribution in [1.82, 2.24) is 20.1 Å². The fourth-order valence-electron chi connectivity index (χ4n) is 3.75. The van der Waals surface area contributed by atoms with Gasteiger partial charge in [0.05, 0.1) is 24.1 Å². The second-order valence-corrected chi connectivity index (χ2v) is 9.00. The van der Waals surface area contributed by atoms with Gasteiger partial charge < -0.3 is 15.2 Å². The lowest BCUT2D eigenvalue weighted by Crippen LogP contribution is -2.58. The van der Waals surface area contributed by atoms with Crippen molar-refractivity contribution in [1.29, 1.82) is 5.26 Å². The summed E-state index contributed by atoms with van der Waals surface area (Å²) in [6.07, 6.45) is -3.47. The van der Waals surface area contributed by atoms with Gasteiger partial charge in [-0.3, -0.25) is 14.5 Å². The van der Waals surface area contributed by atoms with Crippen LogP contribution >= 0.6 is 0 Å². The third kappa shape index (κ3) is 6.49. The van der Waals surface area contributed by atoms with Crippen molar-refractivity contribution in [2.45, 2.75) is 39.4 Å². The predicted molar refractivity (Wildman–Crippen MR) is 104 cm³/mol. The number of hydrogen-bond donors (Lipinski definition) is 2. The zero-order chi connectivity index (χ0) is 22.7. The summed E-state index contributed by atoms with van der Waals surface area (Å²) in [4.78, 5) is 30.8. The first kappa shape index (κ1) is 23.7. The summed E-state index contributed by atoms with van der Waals surface area (Å²) < 4.78 is 40.5. The molecule has 2 amide bonds. The van der Waals surface area contributed by atoms with Gasteiger partial charge in [0.15, 0.2) is 0 Å². The molecule has 1 aliphatic heterocycles. The predicted octanol–water partition coefficient (Wildman–Crippen LogP) is 2.37. The number of nitrogens with zero attached hydrogens (tertiary/aromatic N) is 3. The summed E-state index contributed by atoms with van der Waals surface area (Å²) in [6, 6.07) is 1.85. The Morgan fingerprint density at radius 1 is 1.37 bits per heavy atom. The Hall–Kier alpha value is -2.54. The summed E-state index contributed by atoms with van der Waals surface area (Å²) in [6.45, 7) is 6.62. The molecule has 0 bridgehead atoms. The van der Waals surface area contributed by atoms with E-state index in [2.05, 4.69) is 10.3 Å². The van der Waals surface area contributed by atoms with Crippen LogP contribution in [0.4, 0.5) is 13.2 Å². The van der Waals surface area contributed by atoms with E-state index in [4.69, 9.17) is 5.26 Å². The minimum Gasteiger partial charge on any atom is -0.356 e. The summed E-state index contributed by atoms with van der Waals surface area (Å²) in [7, 11) is 1.79. The fourth-order valence-corrected chi connectivity index (χ4v) is 3.75. The van der Waals surface area contributed by atoms with Crippen LogP contribution in [-0.2, 0) is 4.79 Å². The van der Waals surface area contributed by atoms with Crippen LogP contribution < -0.4 is 5.32 Å². The number of piperidine rings is 1. The van der Waals surface area contributed by atoms with E-state index in [1.807, 2.05) is 31.7 Å². The van der Waals surface area contributed by atoms with Crippen LogP contribution in [0.25, 0.3) is 0 Å². The van der Waals surface area contributed by atoms with E-state index >= 15 is 0 Å². The first-order chi connectivity index (χ1) is 13.8. The lowest BCUT2D eigenvalue weighted by Gasteiger charge is -2.40. The number of aromatic amines is 1. The van der Waals surface area contributed by atoms with E-state index in [1.165, 1.54) is 17.2 Å². The van der Waals surface area contributed by atoms with Crippen LogP contribution in [-0.4, -0.2) is 72.0 Å². The second kappa shape index (κ2) is 9.08. The molecule has 1 fully saturated rings. The van der Waals surface area contributed by atoms with Gasteiger partial charge in [0.2, 0.25) is 5.91 Å². The van der Waals surface area contributed by atoms with Crippen LogP contribution in [0.5, 0.6) is 0 Å². The van der Waals surface area contributed by atoms with Gasteiger partial charge in [-0.05, 0) is 24.9 Å². The van der Waals surface area contributed by atoms with E-state index in [-0.39, 0.29) is 48.6 Å². The zero-order valence-electron chi connectivity index (χ0n) is 17.6. The van der Waals surface area contributed by atoms with Gasteiger partial charge in [0.1, 0.15) is 11.8 Å². The highest BCUT2D eigenvalue weighted by Crippen LogP contribution is 2.34. The molecule has 2 atom stereocenters. The number of nitriles is 1. The molecular weight excluding hydrogens is 399 g/mol. The molecule has 1 aromatic rings. The van der Waals surface area contributed by atoms with Gasteiger partial charge in [-0.1, -0.05) is 20.8 Å². The van der Waals surface area contributed by atoms with Crippen LogP contribution in [0.1, 0.15) is 43.2 Å². The molecule has 0 saturated carbocycles. The number of H-pyrrole nitrogens is 1. The van der Waals surface area contributed by atoms with Crippen molar-refractivity contribution >= 4 is 11.8 Å². The Kier molecular flexibility index (Phi) is 7.18. The number of nitrogens with one attached hydrogen (secondary N) is 2. The van der Waals surface area contributed by atoms with E-state index < -0.39 is 24.0 Å². The molecular formula is C20H28F3N5O2. The van der Waals surface area contributed by atoms with Gasteiger partial charge in [0.25, 0.3) is 5.91 Å². The number of likely N-dealkylation sites (tertiary alicyclic amines) is 1. The van der Waals surface area contributed by atoms with Crippen molar-refractivity contribution in [3.8, 4) is 6.07 Å². The van der Waals surface area contributed by atoms with Crippen LogP contribution in [0.15, 0.2) is 12.3 Å². The number of carbonyl (C=O) groups is 2. The smallest absolute Gasteiger partial charge is 0.356 e. The zero-order valence-corrected chi connectivity index (χ0v) is 17.6. The molecule has 0 spiro atoms. The first-order valence-electron chi connectivity index (χ1n) is 9.72. The molecule has 1 saturated heterocycles. The Morgan fingerprint density at radius 2 is 2.03 bits per heavy atom. The number of likely N-dealkylation sites (N-methyl/N-ethyl adjacent to an activating group) is 1. The lowest BCUT2D eigenvalue weighted by atomic mass is 9.90. The van der Waals surface area contributed by atoms with Crippen LogP contribution in [0.3, 0.4) is 0 Å². The van der Waals surface area contributed by atoms with Gasteiger partial charge in [-0.25, -0.2) is 0 Å². The summed E-state index contributed by atoms with van der Waals surface area (Å²) in [5.41, 5.74) is 0.184. The highest BCUT2D eigenvalue weighted by Gasteiger charge is 2.48. The van der Waals surface area contributed by atoms with E-state index in [1.54, 1.807) is 7.05 Å². The number of halogens is 3. The number of alkyl halides is 3. The average Bonchev–Trinajstić information content (AvgIpc) is 3.08. The largest absolute Gasteiger partial charge is 0.393 e. The van der Waals surface area contributed by atoms with Gasteiger partial charge in [-0.2, -0.15) is 18.4 Å². The van der Waals surface area contributed by atoms with E-state index in [0.29, 0.717) is 6.54 Å². The van der Waals surface area contributed by atoms with Crippen molar-refractivity contribution in [3.05, 3.63) is 23.5 Å². The number of carbonyl (C=O) groups excluding carboxylic acids is 2. The van der Waals surface area contributed by atoms with Crippen molar-refractivity contribution in [2.75, 3.05) is 33.2 Å². The molecule has 2 heterocycles. The van der Waals surface area contributed by atoms with Crippen molar-refractivity contribution < 1.29 is 22.8 Å². The topological polar surface area (TPSA) is 92.2 Å². The molecule has 2 unspecified atom stereocenters. The molecule has 1 aromatic heterocycles. The average molecular weight is 427 g/mol.